The lowest BCUT2D eigenvalue weighted by Crippen LogP contribution is -2.23. The first-order valence-electron chi connectivity index (χ1n) is 5.70. The molecule has 0 fully saturated rings. The lowest BCUT2D eigenvalue weighted by atomic mass is 10.1. The number of nitrogens with zero attached hydrogens (tertiary/aromatic N) is 3. The number of aromatic amines is 1. The third-order valence-corrected chi connectivity index (χ3v) is 2.85. The van der Waals surface area contributed by atoms with Crippen molar-refractivity contribution in [2.24, 2.45) is 0 Å². The molecule has 90 valence electrons. The maximum atomic E-state index is 4.36. The number of aromatic nitrogens is 4. The maximum absolute atomic E-state index is 4.36. The van der Waals surface area contributed by atoms with Crippen molar-refractivity contribution in [2.45, 2.75) is 32.9 Å². The van der Waals surface area contributed by atoms with Crippen LogP contribution in [0.5, 0.6) is 0 Å². The number of hydrogen-bond acceptors (Lipinski definition) is 4. The number of rotatable bonds is 4. The first-order chi connectivity index (χ1) is 8.18. The minimum absolute atomic E-state index is 0.161. The fourth-order valence-corrected chi connectivity index (χ4v) is 1.89. The standard InChI is InChI=1S/C12H17N5/c1-8(11-6-15-16-7-11)17-10(3)12-9(2)13-4-5-14-12/h4-8,10,17H,1-3H3,(H,15,16). The summed E-state index contributed by atoms with van der Waals surface area (Å²) in [6, 6.07) is 0.388. The van der Waals surface area contributed by atoms with Gasteiger partial charge in [0, 0.05) is 36.2 Å². The number of hydrogen-bond donors (Lipinski definition) is 2. The van der Waals surface area contributed by atoms with Gasteiger partial charge < -0.3 is 5.32 Å². The van der Waals surface area contributed by atoms with Crippen molar-refractivity contribution in [3.63, 3.8) is 0 Å². The highest BCUT2D eigenvalue weighted by Crippen LogP contribution is 2.18. The normalized spacial score (nSPS) is 14.5. The predicted molar refractivity (Wildman–Crippen MR) is 65.3 cm³/mol. The molecule has 0 aromatic carbocycles. The van der Waals surface area contributed by atoms with Crippen molar-refractivity contribution in [1.29, 1.82) is 0 Å². The van der Waals surface area contributed by atoms with Gasteiger partial charge in [-0.2, -0.15) is 5.10 Å². The van der Waals surface area contributed by atoms with Crippen LogP contribution in [0.25, 0.3) is 0 Å². The van der Waals surface area contributed by atoms with E-state index in [0.717, 1.165) is 17.0 Å². The number of H-pyrrole nitrogens is 1. The second-order valence-corrected chi connectivity index (χ2v) is 4.17. The van der Waals surface area contributed by atoms with E-state index in [-0.39, 0.29) is 12.1 Å². The summed E-state index contributed by atoms with van der Waals surface area (Å²) in [5, 5.41) is 10.2. The third kappa shape index (κ3) is 2.68. The van der Waals surface area contributed by atoms with Crippen LogP contribution in [-0.2, 0) is 0 Å². The minimum Gasteiger partial charge on any atom is -0.302 e. The molecule has 2 aromatic rings. The molecule has 17 heavy (non-hydrogen) atoms. The average molecular weight is 231 g/mol. The van der Waals surface area contributed by atoms with Crippen molar-refractivity contribution in [1.82, 2.24) is 25.5 Å². The molecule has 0 amide bonds. The molecule has 0 bridgehead atoms. The zero-order chi connectivity index (χ0) is 12.3. The Morgan fingerprint density at radius 3 is 2.59 bits per heavy atom. The highest BCUT2D eigenvalue weighted by Gasteiger charge is 2.14. The van der Waals surface area contributed by atoms with Crippen molar-refractivity contribution in [3.05, 3.63) is 41.7 Å². The van der Waals surface area contributed by atoms with E-state index in [1.165, 1.54) is 0 Å². The molecule has 5 nitrogen and oxygen atoms in total. The van der Waals surface area contributed by atoms with E-state index in [2.05, 4.69) is 39.3 Å². The predicted octanol–water partition coefficient (Wildman–Crippen LogP) is 1.92. The monoisotopic (exact) mass is 231 g/mol. The smallest absolute Gasteiger partial charge is 0.0782 e. The highest BCUT2D eigenvalue weighted by molar-refractivity contribution is 5.15. The van der Waals surface area contributed by atoms with Gasteiger partial charge in [0.15, 0.2) is 0 Å². The molecule has 0 spiro atoms. The molecule has 2 heterocycles. The van der Waals surface area contributed by atoms with E-state index in [4.69, 9.17) is 0 Å². The van der Waals surface area contributed by atoms with Crippen LogP contribution >= 0.6 is 0 Å². The molecule has 2 N–H and O–H groups in total. The van der Waals surface area contributed by atoms with Gasteiger partial charge in [-0.3, -0.25) is 15.1 Å². The molecule has 0 aliphatic carbocycles. The molecule has 0 saturated carbocycles. The molecule has 2 unspecified atom stereocenters. The molecular weight excluding hydrogens is 214 g/mol. The summed E-state index contributed by atoms with van der Waals surface area (Å²) in [6.07, 6.45) is 7.16. The van der Waals surface area contributed by atoms with Crippen molar-refractivity contribution in [3.8, 4) is 0 Å². The van der Waals surface area contributed by atoms with E-state index in [1.807, 2.05) is 19.3 Å². The van der Waals surface area contributed by atoms with E-state index in [0.29, 0.717) is 0 Å². The Bertz CT molecular complexity index is 466. The summed E-state index contributed by atoms with van der Waals surface area (Å²) in [4.78, 5) is 8.61. The van der Waals surface area contributed by atoms with Crippen molar-refractivity contribution in [2.75, 3.05) is 0 Å². The summed E-state index contributed by atoms with van der Waals surface area (Å²) >= 11 is 0. The van der Waals surface area contributed by atoms with Crippen LogP contribution in [0.2, 0.25) is 0 Å². The zero-order valence-electron chi connectivity index (χ0n) is 10.3. The van der Waals surface area contributed by atoms with Gasteiger partial charge in [0.05, 0.1) is 17.6 Å². The lowest BCUT2D eigenvalue weighted by Gasteiger charge is -2.19. The van der Waals surface area contributed by atoms with Crippen LogP contribution < -0.4 is 5.32 Å². The second kappa shape index (κ2) is 5.05. The molecule has 0 aliphatic rings. The van der Waals surface area contributed by atoms with E-state index < -0.39 is 0 Å². The Labute approximate surface area is 101 Å². The van der Waals surface area contributed by atoms with Crippen LogP contribution in [0, 0.1) is 6.92 Å². The Kier molecular flexibility index (Phi) is 3.49. The van der Waals surface area contributed by atoms with Crippen LogP contribution in [-0.4, -0.2) is 20.2 Å². The van der Waals surface area contributed by atoms with Crippen LogP contribution in [0.15, 0.2) is 24.8 Å². The van der Waals surface area contributed by atoms with Gasteiger partial charge in [0.2, 0.25) is 0 Å². The summed E-state index contributed by atoms with van der Waals surface area (Å²) < 4.78 is 0. The molecule has 2 rings (SSSR count). The van der Waals surface area contributed by atoms with Crippen LogP contribution in [0.1, 0.15) is 42.9 Å². The third-order valence-electron chi connectivity index (χ3n) is 2.85. The Morgan fingerprint density at radius 2 is 1.94 bits per heavy atom. The van der Waals surface area contributed by atoms with E-state index >= 15 is 0 Å². The molecule has 0 aliphatic heterocycles. The van der Waals surface area contributed by atoms with Crippen molar-refractivity contribution >= 4 is 0 Å². The number of aryl methyl sites for hydroxylation is 1. The van der Waals surface area contributed by atoms with E-state index in [1.54, 1.807) is 12.4 Å². The Hall–Kier alpha value is -1.75. The van der Waals surface area contributed by atoms with Crippen LogP contribution in [0.3, 0.4) is 0 Å². The topological polar surface area (TPSA) is 66.5 Å². The highest BCUT2D eigenvalue weighted by atomic mass is 15.1. The van der Waals surface area contributed by atoms with Gasteiger partial charge in [-0.1, -0.05) is 0 Å². The van der Waals surface area contributed by atoms with Crippen molar-refractivity contribution < 1.29 is 0 Å². The summed E-state index contributed by atoms with van der Waals surface area (Å²) in [7, 11) is 0. The van der Waals surface area contributed by atoms with E-state index in [9.17, 15) is 0 Å². The maximum Gasteiger partial charge on any atom is 0.0782 e. The van der Waals surface area contributed by atoms with Gasteiger partial charge >= 0.3 is 0 Å². The average Bonchev–Trinajstić information content (AvgIpc) is 2.82. The first kappa shape index (κ1) is 11.7. The lowest BCUT2D eigenvalue weighted by molar-refractivity contribution is 0.483. The van der Waals surface area contributed by atoms with Gasteiger partial charge in [-0.25, -0.2) is 0 Å². The molecule has 2 aromatic heterocycles. The summed E-state index contributed by atoms with van der Waals surface area (Å²) in [6.45, 7) is 6.17. The quantitative estimate of drug-likeness (QED) is 0.843. The van der Waals surface area contributed by atoms with Gasteiger partial charge in [-0.05, 0) is 20.8 Å². The zero-order valence-corrected chi connectivity index (χ0v) is 10.3. The molecule has 0 saturated heterocycles. The first-order valence-corrected chi connectivity index (χ1v) is 5.70. The van der Waals surface area contributed by atoms with Crippen LogP contribution in [0.4, 0.5) is 0 Å². The Morgan fingerprint density at radius 1 is 1.18 bits per heavy atom. The Balaban J connectivity index is 2.07. The number of nitrogens with one attached hydrogen (secondary N) is 2. The molecular formula is C12H17N5. The minimum atomic E-state index is 0.161. The van der Waals surface area contributed by atoms with Gasteiger partial charge in [0.1, 0.15) is 0 Å². The summed E-state index contributed by atoms with van der Waals surface area (Å²) in [5.41, 5.74) is 3.09. The van der Waals surface area contributed by atoms with Gasteiger partial charge in [-0.15, -0.1) is 0 Å². The fraction of sp³-hybridized carbons (Fsp3) is 0.417. The van der Waals surface area contributed by atoms with Gasteiger partial charge in [0.25, 0.3) is 0 Å². The SMILES string of the molecule is Cc1nccnc1C(C)NC(C)c1cn[nH]c1. The second-order valence-electron chi connectivity index (χ2n) is 4.17. The molecule has 2 atom stereocenters. The molecule has 5 heteroatoms. The fourth-order valence-electron chi connectivity index (χ4n) is 1.89. The largest absolute Gasteiger partial charge is 0.302 e. The summed E-state index contributed by atoms with van der Waals surface area (Å²) in [5.74, 6) is 0. The molecule has 0 radical (unpaired) electrons.